The van der Waals surface area contributed by atoms with Crippen LogP contribution in [0.1, 0.15) is 18.9 Å². The first-order valence-corrected chi connectivity index (χ1v) is 9.96. The summed E-state index contributed by atoms with van der Waals surface area (Å²) in [5, 5.41) is 9.96. The van der Waals surface area contributed by atoms with Gasteiger partial charge >= 0.3 is 11.7 Å². The SMILES string of the molecule is COc1cc(NC(=O)NCCn2nc(-c3cccnc3)n(C3CC3)c2=O)cc(OC)c1. The second kappa shape index (κ2) is 8.90. The number of anilines is 1. The molecule has 10 nitrogen and oxygen atoms in total. The summed E-state index contributed by atoms with van der Waals surface area (Å²) in [6.45, 7) is 0.488. The molecule has 0 aliphatic heterocycles. The molecule has 162 valence electrons. The summed E-state index contributed by atoms with van der Waals surface area (Å²) in [6, 6.07) is 8.55. The van der Waals surface area contributed by atoms with E-state index in [4.69, 9.17) is 9.47 Å². The van der Waals surface area contributed by atoms with Gasteiger partial charge in [0.25, 0.3) is 0 Å². The quantitative estimate of drug-likeness (QED) is 0.574. The Morgan fingerprint density at radius 1 is 1.19 bits per heavy atom. The van der Waals surface area contributed by atoms with Gasteiger partial charge in [-0.25, -0.2) is 14.3 Å². The van der Waals surface area contributed by atoms with Gasteiger partial charge in [0.15, 0.2) is 5.82 Å². The van der Waals surface area contributed by atoms with Gasteiger partial charge in [-0.05, 0) is 25.0 Å². The molecule has 31 heavy (non-hydrogen) atoms. The van der Waals surface area contributed by atoms with Gasteiger partial charge < -0.3 is 20.1 Å². The standard InChI is InChI=1S/C21H24N6O4/c1-30-17-10-15(11-18(12-17)31-2)24-20(28)23-8-9-26-21(29)27(16-5-6-16)19(25-26)14-4-3-7-22-13-14/h3-4,7,10-13,16H,5-6,8-9H2,1-2H3,(H2,23,24,28). The first-order valence-electron chi connectivity index (χ1n) is 9.96. The Bertz CT molecular complexity index is 1100. The topological polar surface area (TPSA) is 112 Å². The summed E-state index contributed by atoms with van der Waals surface area (Å²) in [4.78, 5) is 29.2. The highest BCUT2D eigenvalue weighted by molar-refractivity contribution is 5.89. The van der Waals surface area contributed by atoms with E-state index in [9.17, 15) is 9.59 Å². The van der Waals surface area contributed by atoms with Crippen molar-refractivity contribution in [1.82, 2.24) is 24.6 Å². The molecule has 0 bridgehead atoms. The first-order chi connectivity index (χ1) is 15.1. The van der Waals surface area contributed by atoms with Crippen LogP contribution in [0.15, 0.2) is 47.5 Å². The Kier molecular flexibility index (Phi) is 5.87. The zero-order valence-corrected chi connectivity index (χ0v) is 17.4. The van der Waals surface area contributed by atoms with Crippen molar-refractivity contribution in [3.8, 4) is 22.9 Å². The fourth-order valence-corrected chi connectivity index (χ4v) is 3.25. The summed E-state index contributed by atoms with van der Waals surface area (Å²) in [6.07, 6.45) is 5.30. The highest BCUT2D eigenvalue weighted by Crippen LogP contribution is 2.36. The van der Waals surface area contributed by atoms with Crippen LogP contribution in [0.4, 0.5) is 10.5 Å². The fraction of sp³-hybridized carbons (Fsp3) is 0.333. The Morgan fingerprint density at radius 3 is 2.55 bits per heavy atom. The summed E-state index contributed by atoms with van der Waals surface area (Å²) in [5.41, 5.74) is 1.15. The average Bonchev–Trinajstić information content (AvgIpc) is 3.57. The molecule has 0 saturated heterocycles. The average molecular weight is 424 g/mol. The van der Waals surface area contributed by atoms with E-state index in [-0.39, 0.29) is 24.8 Å². The van der Waals surface area contributed by atoms with E-state index in [1.165, 1.54) is 18.9 Å². The van der Waals surface area contributed by atoms with Gasteiger partial charge in [0.2, 0.25) is 0 Å². The zero-order valence-electron chi connectivity index (χ0n) is 17.4. The largest absolute Gasteiger partial charge is 0.497 e. The zero-order chi connectivity index (χ0) is 21.8. The van der Waals surface area contributed by atoms with Crippen LogP contribution in [-0.2, 0) is 6.54 Å². The molecule has 3 aromatic rings. The van der Waals surface area contributed by atoms with Gasteiger partial charge in [0, 0.05) is 54.4 Å². The summed E-state index contributed by atoms with van der Waals surface area (Å²) in [7, 11) is 3.08. The smallest absolute Gasteiger partial charge is 0.346 e. The van der Waals surface area contributed by atoms with Crippen molar-refractivity contribution in [1.29, 1.82) is 0 Å². The molecule has 10 heteroatoms. The van der Waals surface area contributed by atoms with Crippen molar-refractivity contribution in [3.63, 3.8) is 0 Å². The minimum Gasteiger partial charge on any atom is -0.497 e. The third kappa shape index (κ3) is 4.68. The Labute approximate surface area is 178 Å². The van der Waals surface area contributed by atoms with Gasteiger partial charge in [-0.1, -0.05) is 0 Å². The Hall–Kier alpha value is -3.82. The second-order valence-corrected chi connectivity index (χ2v) is 7.15. The molecule has 0 atom stereocenters. The van der Waals surface area contributed by atoms with E-state index in [0.29, 0.717) is 23.0 Å². The minimum absolute atomic E-state index is 0.177. The highest BCUT2D eigenvalue weighted by Gasteiger charge is 2.30. The number of hydrogen-bond donors (Lipinski definition) is 2. The Balaban J connectivity index is 1.41. The number of nitrogens with zero attached hydrogens (tertiary/aromatic N) is 4. The van der Waals surface area contributed by atoms with Gasteiger partial charge in [0.05, 0.1) is 20.8 Å². The lowest BCUT2D eigenvalue weighted by atomic mass is 10.3. The van der Waals surface area contributed by atoms with Crippen molar-refractivity contribution in [3.05, 3.63) is 53.2 Å². The van der Waals surface area contributed by atoms with Gasteiger partial charge in [-0.2, -0.15) is 0 Å². The third-order valence-electron chi connectivity index (χ3n) is 4.92. The molecule has 1 aliphatic carbocycles. The van der Waals surface area contributed by atoms with E-state index < -0.39 is 6.03 Å². The lowest BCUT2D eigenvalue weighted by Crippen LogP contribution is -2.34. The molecular formula is C21H24N6O4. The number of aromatic nitrogens is 4. The first kappa shape index (κ1) is 20.5. The van der Waals surface area contributed by atoms with E-state index in [0.717, 1.165) is 18.4 Å². The number of benzene rings is 1. The summed E-state index contributed by atoms with van der Waals surface area (Å²) in [5.74, 6) is 1.73. The number of carbonyl (C=O) groups excluding carboxylic acids is 1. The van der Waals surface area contributed by atoms with Crippen LogP contribution in [0, 0.1) is 0 Å². The molecule has 2 N–H and O–H groups in total. The predicted molar refractivity (Wildman–Crippen MR) is 115 cm³/mol. The molecule has 0 unspecified atom stereocenters. The molecule has 4 rings (SSSR count). The van der Waals surface area contributed by atoms with Crippen LogP contribution >= 0.6 is 0 Å². The maximum absolute atomic E-state index is 12.8. The number of hydrogen-bond acceptors (Lipinski definition) is 6. The molecule has 2 amide bonds. The summed E-state index contributed by atoms with van der Waals surface area (Å²) < 4.78 is 13.5. The number of ether oxygens (including phenoxy) is 2. The normalized spacial score (nSPS) is 13.0. The van der Waals surface area contributed by atoms with Crippen LogP contribution in [0.25, 0.3) is 11.4 Å². The molecule has 0 radical (unpaired) electrons. The maximum atomic E-state index is 12.8. The molecule has 1 aromatic carbocycles. The van der Waals surface area contributed by atoms with Crippen molar-refractivity contribution < 1.29 is 14.3 Å². The van der Waals surface area contributed by atoms with Gasteiger partial charge in [-0.3, -0.25) is 9.55 Å². The van der Waals surface area contributed by atoms with E-state index in [1.807, 2.05) is 12.1 Å². The summed E-state index contributed by atoms with van der Waals surface area (Å²) >= 11 is 0. The van der Waals surface area contributed by atoms with Crippen molar-refractivity contribution in [2.45, 2.75) is 25.4 Å². The number of carbonyl (C=O) groups is 1. The van der Waals surface area contributed by atoms with Crippen LogP contribution in [0.5, 0.6) is 11.5 Å². The maximum Gasteiger partial charge on any atom is 0.346 e. The lowest BCUT2D eigenvalue weighted by Gasteiger charge is -2.10. The molecule has 1 fully saturated rings. The Morgan fingerprint density at radius 2 is 1.94 bits per heavy atom. The van der Waals surface area contributed by atoms with Gasteiger partial charge in [0.1, 0.15) is 11.5 Å². The molecular weight excluding hydrogens is 400 g/mol. The molecule has 1 aliphatic rings. The van der Waals surface area contributed by atoms with Gasteiger partial charge in [-0.15, -0.1) is 5.10 Å². The predicted octanol–water partition coefficient (Wildman–Crippen LogP) is 2.28. The third-order valence-corrected chi connectivity index (χ3v) is 4.92. The monoisotopic (exact) mass is 424 g/mol. The molecule has 2 heterocycles. The number of rotatable bonds is 8. The van der Waals surface area contributed by atoms with Crippen molar-refractivity contribution in [2.75, 3.05) is 26.1 Å². The number of urea groups is 1. The number of amides is 2. The lowest BCUT2D eigenvalue weighted by molar-refractivity contribution is 0.251. The highest BCUT2D eigenvalue weighted by atomic mass is 16.5. The molecule has 2 aromatic heterocycles. The number of nitrogens with one attached hydrogen (secondary N) is 2. The fourth-order valence-electron chi connectivity index (χ4n) is 3.25. The molecule has 1 saturated carbocycles. The van der Waals surface area contributed by atoms with Crippen LogP contribution in [-0.4, -0.2) is 46.1 Å². The molecule has 0 spiro atoms. The van der Waals surface area contributed by atoms with Crippen molar-refractivity contribution in [2.24, 2.45) is 0 Å². The second-order valence-electron chi connectivity index (χ2n) is 7.15. The van der Waals surface area contributed by atoms with E-state index in [1.54, 1.807) is 35.2 Å². The van der Waals surface area contributed by atoms with Crippen LogP contribution < -0.4 is 25.8 Å². The van der Waals surface area contributed by atoms with Crippen LogP contribution in [0.2, 0.25) is 0 Å². The minimum atomic E-state index is -0.405. The number of pyridine rings is 1. The van der Waals surface area contributed by atoms with E-state index in [2.05, 4.69) is 20.7 Å². The van der Waals surface area contributed by atoms with Crippen LogP contribution in [0.3, 0.4) is 0 Å². The van der Waals surface area contributed by atoms with Crippen molar-refractivity contribution >= 4 is 11.7 Å². The van der Waals surface area contributed by atoms with E-state index >= 15 is 0 Å². The number of methoxy groups -OCH3 is 2.